The minimum atomic E-state index is -0.698. The van der Waals surface area contributed by atoms with Crippen LogP contribution in [0.25, 0.3) is 0 Å². The molecular weight excluding hydrogens is 266 g/mol. The predicted molar refractivity (Wildman–Crippen MR) is 68.0 cm³/mol. The van der Waals surface area contributed by atoms with Crippen LogP contribution in [0.4, 0.5) is 4.79 Å². The van der Waals surface area contributed by atoms with Crippen LogP contribution in [0.1, 0.15) is 57.2 Å². The van der Waals surface area contributed by atoms with Gasteiger partial charge in [-0.05, 0) is 34.6 Å². The lowest BCUT2D eigenvalue weighted by molar-refractivity contribution is 0.0476. The van der Waals surface area contributed by atoms with Gasteiger partial charge >= 0.3 is 18.0 Å². The molecule has 1 amide bonds. The van der Waals surface area contributed by atoms with E-state index in [1.54, 1.807) is 34.6 Å². The summed E-state index contributed by atoms with van der Waals surface area (Å²) < 4.78 is 14.9. The number of rotatable bonds is 4. The Kier molecular flexibility index (Phi) is 5.06. The zero-order valence-electron chi connectivity index (χ0n) is 12.2. The fraction of sp³-hybridized carbons (Fsp3) is 0.667. The van der Waals surface area contributed by atoms with Crippen LogP contribution in [-0.2, 0) is 9.47 Å². The van der Waals surface area contributed by atoms with Crippen LogP contribution in [0, 0.1) is 0 Å². The van der Waals surface area contributed by atoms with Crippen molar-refractivity contribution in [1.82, 2.24) is 15.5 Å². The average Bonchev–Trinajstić information content (AvgIpc) is 2.75. The molecule has 0 aromatic carbocycles. The van der Waals surface area contributed by atoms with Gasteiger partial charge in [0.2, 0.25) is 5.89 Å². The highest BCUT2D eigenvalue weighted by Crippen LogP contribution is 2.13. The second kappa shape index (κ2) is 6.36. The van der Waals surface area contributed by atoms with E-state index in [-0.39, 0.29) is 18.4 Å². The summed E-state index contributed by atoms with van der Waals surface area (Å²) in [5.41, 5.74) is -0.602. The molecule has 8 nitrogen and oxygen atoms in total. The van der Waals surface area contributed by atoms with Gasteiger partial charge in [0.25, 0.3) is 0 Å². The molecule has 1 N–H and O–H groups in total. The summed E-state index contributed by atoms with van der Waals surface area (Å²) in [4.78, 5) is 22.9. The molecule has 0 fully saturated rings. The molecule has 0 aliphatic heterocycles. The molecule has 0 bridgehead atoms. The number of hydrogen-bond acceptors (Lipinski definition) is 7. The summed E-state index contributed by atoms with van der Waals surface area (Å²) in [6, 6.07) is -0.583. The Balaban J connectivity index is 2.62. The maximum atomic E-state index is 11.6. The molecule has 0 saturated carbocycles. The van der Waals surface area contributed by atoms with Crippen LogP contribution in [0.3, 0.4) is 0 Å². The van der Waals surface area contributed by atoms with Crippen molar-refractivity contribution in [3.63, 3.8) is 0 Å². The Morgan fingerprint density at radius 2 is 2.00 bits per heavy atom. The zero-order chi connectivity index (χ0) is 15.3. The number of nitrogens with one attached hydrogen (secondary N) is 1. The second-order valence-electron chi connectivity index (χ2n) is 5.03. The summed E-state index contributed by atoms with van der Waals surface area (Å²) in [5, 5.41) is 9.76. The van der Waals surface area contributed by atoms with Gasteiger partial charge in [-0.15, -0.1) is 10.2 Å². The van der Waals surface area contributed by atoms with Crippen molar-refractivity contribution < 1.29 is 23.5 Å². The van der Waals surface area contributed by atoms with Gasteiger partial charge in [0, 0.05) is 0 Å². The van der Waals surface area contributed by atoms with Gasteiger partial charge < -0.3 is 19.2 Å². The van der Waals surface area contributed by atoms with Crippen molar-refractivity contribution in [1.29, 1.82) is 0 Å². The fourth-order valence-electron chi connectivity index (χ4n) is 1.23. The van der Waals surface area contributed by atoms with Gasteiger partial charge in [0.15, 0.2) is 0 Å². The lowest BCUT2D eigenvalue weighted by Crippen LogP contribution is -2.34. The Morgan fingerprint density at radius 1 is 1.35 bits per heavy atom. The zero-order valence-corrected chi connectivity index (χ0v) is 12.2. The number of ether oxygens (including phenoxy) is 2. The van der Waals surface area contributed by atoms with Gasteiger partial charge in [0.1, 0.15) is 11.6 Å². The lowest BCUT2D eigenvalue weighted by Gasteiger charge is -2.20. The van der Waals surface area contributed by atoms with Crippen LogP contribution in [0.2, 0.25) is 0 Å². The van der Waals surface area contributed by atoms with E-state index in [0.29, 0.717) is 0 Å². The van der Waals surface area contributed by atoms with E-state index >= 15 is 0 Å². The Bertz CT molecular complexity index is 478. The second-order valence-corrected chi connectivity index (χ2v) is 5.03. The highest BCUT2D eigenvalue weighted by Gasteiger charge is 2.23. The molecule has 1 heterocycles. The van der Waals surface area contributed by atoms with Gasteiger partial charge in [-0.3, -0.25) is 0 Å². The van der Waals surface area contributed by atoms with Crippen molar-refractivity contribution in [3.05, 3.63) is 11.8 Å². The minimum Gasteiger partial charge on any atom is -0.459 e. The van der Waals surface area contributed by atoms with Crippen molar-refractivity contribution in [2.24, 2.45) is 0 Å². The van der Waals surface area contributed by atoms with E-state index in [1.807, 2.05) is 0 Å². The minimum absolute atomic E-state index is 0.0962. The number of hydrogen-bond donors (Lipinski definition) is 1. The molecule has 20 heavy (non-hydrogen) atoms. The van der Waals surface area contributed by atoms with Crippen LogP contribution >= 0.6 is 0 Å². The van der Waals surface area contributed by atoms with Gasteiger partial charge in [0.05, 0.1) is 6.61 Å². The maximum Gasteiger partial charge on any atom is 0.408 e. The van der Waals surface area contributed by atoms with Crippen LogP contribution in [-0.4, -0.2) is 34.5 Å². The largest absolute Gasteiger partial charge is 0.459 e. The molecule has 1 aromatic heterocycles. The third kappa shape index (κ3) is 4.87. The summed E-state index contributed by atoms with van der Waals surface area (Å²) in [6.07, 6.45) is -0.610. The van der Waals surface area contributed by atoms with Gasteiger partial charge in [-0.25, -0.2) is 9.59 Å². The third-order valence-corrected chi connectivity index (χ3v) is 1.99. The molecule has 1 rings (SSSR count). The first-order valence-electron chi connectivity index (χ1n) is 6.23. The van der Waals surface area contributed by atoms with Crippen LogP contribution in [0.5, 0.6) is 0 Å². The van der Waals surface area contributed by atoms with Gasteiger partial charge in [-0.2, -0.15) is 0 Å². The normalized spacial score (nSPS) is 12.7. The predicted octanol–water partition coefficient (Wildman–Crippen LogP) is 1.83. The number of aromatic nitrogens is 2. The van der Waals surface area contributed by atoms with Crippen LogP contribution in [0.15, 0.2) is 4.42 Å². The molecule has 0 radical (unpaired) electrons. The van der Waals surface area contributed by atoms with Crippen molar-refractivity contribution in [3.8, 4) is 0 Å². The van der Waals surface area contributed by atoms with E-state index in [0.717, 1.165) is 0 Å². The molecular formula is C12H19N3O5. The first-order valence-corrected chi connectivity index (χ1v) is 6.23. The molecule has 8 heteroatoms. The summed E-state index contributed by atoms with van der Waals surface area (Å²) >= 11 is 0. The summed E-state index contributed by atoms with van der Waals surface area (Å²) in [7, 11) is 0. The smallest absolute Gasteiger partial charge is 0.408 e. The van der Waals surface area contributed by atoms with E-state index in [4.69, 9.17) is 13.9 Å². The maximum absolute atomic E-state index is 11.6. The highest BCUT2D eigenvalue weighted by molar-refractivity contribution is 5.83. The number of alkyl carbamates (subject to hydrolysis) is 1. The monoisotopic (exact) mass is 285 g/mol. The molecule has 112 valence electrons. The highest BCUT2D eigenvalue weighted by atomic mass is 16.6. The SMILES string of the molecule is CCOC(=O)c1nnc([C@H](C)NC(=O)OC(C)(C)C)o1. The van der Waals surface area contributed by atoms with Crippen molar-refractivity contribution in [2.45, 2.75) is 46.3 Å². The molecule has 0 aliphatic carbocycles. The molecule has 1 aromatic rings. The van der Waals surface area contributed by atoms with E-state index < -0.39 is 23.7 Å². The van der Waals surface area contributed by atoms with E-state index in [1.165, 1.54) is 0 Å². The fourth-order valence-corrected chi connectivity index (χ4v) is 1.23. The van der Waals surface area contributed by atoms with Crippen molar-refractivity contribution >= 4 is 12.1 Å². The molecule has 0 saturated heterocycles. The standard InChI is InChI=1S/C12H19N3O5/c1-6-18-10(16)9-15-14-8(19-9)7(2)13-11(17)20-12(3,4)5/h7H,6H2,1-5H3,(H,13,17)/t7-/m0/s1. The number of carbonyl (C=O) groups is 2. The number of esters is 1. The molecule has 0 aliphatic rings. The number of amides is 1. The first-order chi connectivity index (χ1) is 9.23. The Hall–Kier alpha value is -2.12. The van der Waals surface area contributed by atoms with Gasteiger partial charge in [-0.1, -0.05) is 0 Å². The third-order valence-electron chi connectivity index (χ3n) is 1.99. The molecule has 0 unspecified atom stereocenters. The average molecular weight is 285 g/mol. The summed E-state index contributed by atoms with van der Waals surface area (Å²) in [6.45, 7) is 8.77. The number of nitrogens with zero attached hydrogens (tertiary/aromatic N) is 2. The quantitative estimate of drug-likeness (QED) is 0.841. The Labute approximate surface area is 116 Å². The van der Waals surface area contributed by atoms with Crippen LogP contribution < -0.4 is 5.32 Å². The molecule has 0 spiro atoms. The first kappa shape index (κ1) is 15.9. The lowest BCUT2D eigenvalue weighted by atomic mass is 10.2. The van der Waals surface area contributed by atoms with E-state index in [9.17, 15) is 9.59 Å². The molecule has 1 atom stereocenters. The topological polar surface area (TPSA) is 104 Å². The Morgan fingerprint density at radius 3 is 2.55 bits per heavy atom. The summed E-state index contributed by atoms with van der Waals surface area (Å²) in [5.74, 6) is -0.852. The number of carbonyl (C=O) groups excluding carboxylic acids is 2. The van der Waals surface area contributed by atoms with E-state index in [2.05, 4.69) is 15.5 Å². The van der Waals surface area contributed by atoms with Crippen molar-refractivity contribution in [2.75, 3.05) is 6.61 Å².